The van der Waals surface area contributed by atoms with Crippen molar-refractivity contribution in [2.75, 3.05) is 0 Å². The summed E-state index contributed by atoms with van der Waals surface area (Å²) in [4.78, 5) is 0. The van der Waals surface area contributed by atoms with Gasteiger partial charge in [0.2, 0.25) is 0 Å². The van der Waals surface area contributed by atoms with Gasteiger partial charge in [-0.2, -0.15) is 16.0 Å². The minimum atomic E-state index is -0.185. The summed E-state index contributed by atoms with van der Waals surface area (Å²) in [7, 11) is 0. The maximum Gasteiger partial charge on any atom is 0.174 e. The predicted molar refractivity (Wildman–Crippen MR) is 51.3 cm³/mol. The van der Waals surface area contributed by atoms with Gasteiger partial charge in [-0.15, -0.1) is 16.7 Å². The fraction of sp³-hybridized carbons (Fsp3) is 0.286. The monoisotopic (exact) mass is 214 g/mol. The van der Waals surface area contributed by atoms with Gasteiger partial charge in [-0.05, 0) is 28.8 Å². The Labute approximate surface area is 84.1 Å². The summed E-state index contributed by atoms with van der Waals surface area (Å²) in [6.07, 6.45) is 0. The molecule has 0 amide bonds. The van der Waals surface area contributed by atoms with Gasteiger partial charge < -0.3 is 0 Å². The third-order valence-electron chi connectivity index (χ3n) is 1.60. The van der Waals surface area contributed by atoms with E-state index >= 15 is 0 Å². The molecule has 0 N–H and O–H groups in total. The van der Waals surface area contributed by atoms with E-state index in [1.807, 2.05) is 23.8 Å². The number of tetrazole rings is 1. The molecule has 0 aliphatic rings. The van der Waals surface area contributed by atoms with Crippen molar-refractivity contribution in [1.29, 1.82) is 0 Å². The zero-order valence-corrected chi connectivity index (χ0v) is 8.46. The van der Waals surface area contributed by atoms with Crippen molar-refractivity contribution in [3.63, 3.8) is 0 Å². The molecule has 13 heavy (non-hydrogen) atoms. The van der Waals surface area contributed by atoms with Crippen molar-refractivity contribution in [2.24, 2.45) is 0 Å². The smallest absolute Gasteiger partial charge is 0.174 e. The molecule has 68 valence electrons. The van der Waals surface area contributed by atoms with Gasteiger partial charge in [-0.25, -0.2) is 0 Å². The van der Waals surface area contributed by atoms with Gasteiger partial charge in [0.1, 0.15) is 0 Å². The van der Waals surface area contributed by atoms with E-state index in [9.17, 15) is 0 Å². The van der Waals surface area contributed by atoms with E-state index in [4.69, 9.17) is 11.6 Å². The number of aromatic nitrogens is 4. The SMILES string of the molecule is CC(Cl)c1nnnn1-c1ccsc1. The van der Waals surface area contributed by atoms with Gasteiger partial charge in [-0.1, -0.05) is 0 Å². The van der Waals surface area contributed by atoms with E-state index in [0.717, 1.165) is 5.69 Å². The van der Waals surface area contributed by atoms with Crippen molar-refractivity contribution in [3.8, 4) is 5.69 Å². The summed E-state index contributed by atoms with van der Waals surface area (Å²) < 4.78 is 1.65. The van der Waals surface area contributed by atoms with Crippen LogP contribution in [0.5, 0.6) is 0 Å². The van der Waals surface area contributed by atoms with Crippen LogP contribution in [0.1, 0.15) is 18.1 Å². The third-order valence-corrected chi connectivity index (χ3v) is 2.47. The summed E-state index contributed by atoms with van der Waals surface area (Å²) in [5.41, 5.74) is 0.956. The fourth-order valence-corrected chi connectivity index (χ4v) is 1.75. The van der Waals surface area contributed by atoms with Gasteiger partial charge in [-0.3, -0.25) is 0 Å². The molecular weight excluding hydrogens is 208 g/mol. The molecular formula is C7H7ClN4S. The highest BCUT2D eigenvalue weighted by molar-refractivity contribution is 7.08. The van der Waals surface area contributed by atoms with Crippen molar-refractivity contribution in [2.45, 2.75) is 12.3 Å². The first-order valence-electron chi connectivity index (χ1n) is 3.74. The van der Waals surface area contributed by atoms with Crippen LogP contribution in [0.2, 0.25) is 0 Å². The lowest BCUT2D eigenvalue weighted by Gasteiger charge is -2.01. The second-order valence-corrected chi connectivity index (χ2v) is 3.98. The normalized spacial score (nSPS) is 13.1. The van der Waals surface area contributed by atoms with Crippen LogP contribution in [-0.4, -0.2) is 20.2 Å². The highest BCUT2D eigenvalue weighted by Gasteiger charge is 2.12. The molecule has 2 rings (SSSR count). The molecule has 2 heterocycles. The lowest BCUT2D eigenvalue weighted by Crippen LogP contribution is -2.02. The molecule has 6 heteroatoms. The lowest BCUT2D eigenvalue weighted by molar-refractivity contribution is 0.763. The molecule has 0 aliphatic carbocycles. The number of rotatable bonds is 2. The number of nitrogens with zero attached hydrogens (tertiary/aromatic N) is 4. The Hall–Kier alpha value is -0.940. The maximum atomic E-state index is 5.91. The van der Waals surface area contributed by atoms with Crippen molar-refractivity contribution in [3.05, 3.63) is 22.7 Å². The van der Waals surface area contributed by atoms with E-state index in [-0.39, 0.29) is 5.38 Å². The topological polar surface area (TPSA) is 43.6 Å². The van der Waals surface area contributed by atoms with Gasteiger partial charge in [0.25, 0.3) is 0 Å². The van der Waals surface area contributed by atoms with Gasteiger partial charge in [0.15, 0.2) is 5.82 Å². The highest BCUT2D eigenvalue weighted by Crippen LogP contribution is 2.19. The van der Waals surface area contributed by atoms with Gasteiger partial charge >= 0.3 is 0 Å². The van der Waals surface area contributed by atoms with E-state index in [2.05, 4.69) is 15.5 Å². The molecule has 0 fully saturated rings. The van der Waals surface area contributed by atoms with Gasteiger partial charge in [0, 0.05) is 5.38 Å². The number of thiophene rings is 1. The Bertz CT molecular complexity index is 381. The lowest BCUT2D eigenvalue weighted by atomic mass is 10.4. The molecule has 0 aromatic carbocycles. The maximum absolute atomic E-state index is 5.91. The molecule has 0 aliphatic heterocycles. The minimum Gasteiger partial charge on any atom is -0.195 e. The van der Waals surface area contributed by atoms with Crippen LogP contribution in [0, 0.1) is 0 Å². The third kappa shape index (κ3) is 1.57. The van der Waals surface area contributed by atoms with Crippen LogP contribution in [0.25, 0.3) is 5.69 Å². The average molecular weight is 215 g/mol. The summed E-state index contributed by atoms with van der Waals surface area (Å²) in [6.45, 7) is 1.84. The quantitative estimate of drug-likeness (QED) is 0.719. The number of halogens is 1. The van der Waals surface area contributed by atoms with E-state index < -0.39 is 0 Å². The van der Waals surface area contributed by atoms with Crippen molar-refractivity contribution in [1.82, 2.24) is 20.2 Å². The second-order valence-electron chi connectivity index (χ2n) is 2.55. The minimum absolute atomic E-state index is 0.185. The first-order valence-corrected chi connectivity index (χ1v) is 5.12. The molecule has 2 aromatic heterocycles. The molecule has 0 radical (unpaired) electrons. The van der Waals surface area contributed by atoms with Crippen LogP contribution in [0.4, 0.5) is 0 Å². The van der Waals surface area contributed by atoms with Crippen LogP contribution < -0.4 is 0 Å². The number of hydrogen-bond donors (Lipinski definition) is 0. The van der Waals surface area contributed by atoms with Crippen LogP contribution in [0.15, 0.2) is 16.8 Å². The number of alkyl halides is 1. The van der Waals surface area contributed by atoms with E-state index in [0.29, 0.717) is 5.82 Å². The van der Waals surface area contributed by atoms with E-state index in [1.165, 1.54) is 0 Å². The summed E-state index contributed by atoms with van der Waals surface area (Å²) in [5, 5.41) is 15.0. The molecule has 4 nitrogen and oxygen atoms in total. The standard InChI is InChI=1S/C7H7ClN4S/c1-5(8)7-9-10-11-12(7)6-2-3-13-4-6/h2-5H,1H3. The molecule has 0 spiro atoms. The van der Waals surface area contributed by atoms with Gasteiger partial charge in [0.05, 0.1) is 11.1 Å². The molecule has 2 aromatic rings. The highest BCUT2D eigenvalue weighted by atomic mass is 35.5. The largest absolute Gasteiger partial charge is 0.195 e. The van der Waals surface area contributed by atoms with Crippen molar-refractivity contribution < 1.29 is 0 Å². The second kappa shape index (κ2) is 3.43. The first kappa shape index (κ1) is 8.65. The fourth-order valence-electron chi connectivity index (χ4n) is 1.00. The first-order chi connectivity index (χ1) is 6.29. The molecule has 0 saturated heterocycles. The zero-order valence-electron chi connectivity index (χ0n) is 6.88. The Morgan fingerprint density at radius 2 is 2.46 bits per heavy atom. The Morgan fingerprint density at radius 1 is 1.62 bits per heavy atom. The molecule has 0 bridgehead atoms. The molecule has 0 saturated carbocycles. The zero-order chi connectivity index (χ0) is 9.26. The Balaban J connectivity index is 2.46. The molecule has 1 unspecified atom stereocenters. The Morgan fingerprint density at radius 3 is 3.08 bits per heavy atom. The summed E-state index contributed by atoms with van der Waals surface area (Å²) in [5.74, 6) is 0.667. The van der Waals surface area contributed by atoms with Crippen LogP contribution >= 0.6 is 22.9 Å². The summed E-state index contributed by atoms with van der Waals surface area (Å²) >= 11 is 7.51. The molecule has 1 atom stereocenters. The number of hydrogen-bond acceptors (Lipinski definition) is 4. The van der Waals surface area contributed by atoms with Crippen LogP contribution in [-0.2, 0) is 0 Å². The van der Waals surface area contributed by atoms with Crippen LogP contribution in [0.3, 0.4) is 0 Å². The average Bonchev–Trinajstić information content (AvgIpc) is 2.74. The Kier molecular flexibility index (Phi) is 2.28. The predicted octanol–water partition coefficient (Wildman–Crippen LogP) is 2.02. The van der Waals surface area contributed by atoms with E-state index in [1.54, 1.807) is 16.0 Å². The summed E-state index contributed by atoms with van der Waals surface area (Å²) in [6, 6.07) is 1.95. The van der Waals surface area contributed by atoms with Crippen molar-refractivity contribution >= 4 is 22.9 Å².